The molecule has 1 atom stereocenters. The van der Waals surface area contributed by atoms with Crippen molar-refractivity contribution in [1.82, 2.24) is 5.32 Å². The number of nitrogens with one attached hydrogen (secondary N) is 1. The molecule has 0 heterocycles. The molecule has 19 heavy (non-hydrogen) atoms. The lowest BCUT2D eigenvalue weighted by Crippen LogP contribution is -2.33. The lowest BCUT2D eigenvalue weighted by atomic mass is 10.1. The average molecular weight is 263 g/mol. The molecule has 1 amide bonds. The van der Waals surface area contributed by atoms with E-state index < -0.39 is 6.10 Å². The predicted octanol–water partition coefficient (Wildman–Crippen LogP) is 2.08. The zero-order chi connectivity index (χ0) is 14.1. The molecule has 1 N–H and O–H groups in total. The maximum absolute atomic E-state index is 12.0. The molecule has 0 aliphatic carbocycles. The molecular formula is C15H21NO3. The summed E-state index contributed by atoms with van der Waals surface area (Å²) in [5.74, 6) is -0.160. The Labute approximate surface area is 114 Å². The largest absolute Gasteiger partial charge is 0.375 e. The number of carbonyl (C=O) groups excluding carboxylic acids is 1. The van der Waals surface area contributed by atoms with Crippen LogP contribution in [0.5, 0.6) is 0 Å². The van der Waals surface area contributed by atoms with E-state index in [4.69, 9.17) is 9.47 Å². The van der Waals surface area contributed by atoms with Crippen molar-refractivity contribution in [3.8, 4) is 0 Å². The van der Waals surface area contributed by atoms with E-state index in [-0.39, 0.29) is 5.91 Å². The highest BCUT2D eigenvalue weighted by molar-refractivity contribution is 5.82. The maximum atomic E-state index is 12.0. The van der Waals surface area contributed by atoms with E-state index in [1.165, 1.54) is 7.11 Å². The van der Waals surface area contributed by atoms with Gasteiger partial charge in [-0.15, -0.1) is 0 Å². The van der Waals surface area contributed by atoms with E-state index in [1.807, 2.05) is 37.3 Å². The number of carbonyl (C=O) groups is 1. The molecule has 0 aliphatic rings. The fourth-order valence-corrected chi connectivity index (χ4v) is 1.61. The van der Waals surface area contributed by atoms with Gasteiger partial charge in [-0.1, -0.05) is 42.5 Å². The minimum Gasteiger partial charge on any atom is -0.375 e. The molecule has 4 nitrogen and oxygen atoms in total. The molecule has 0 bridgehead atoms. The predicted molar refractivity (Wildman–Crippen MR) is 74.8 cm³/mol. The summed E-state index contributed by atoms with van der Waals surface area (Å²) in [7, 11) is 1.52. The SMILES string of the molecule is C=C(C)COCCNC(=O)C(OC)c1ccccc1. The van der Waals surface area contributed by atoms with Crippen molar-refractivity contribution in [2.75, 3.05) is 26.9 Å². The highest BCUT2D eigenvalue weighted by atomic mass is 16.5. The Morgan fingerprint density at radius 3 is 2.63 bits per heavy atom. The molecule has 0 aromatic heterocycles. The van der Waals surface area contributed by atoms with Crippen LogP contribution in [0.2, 0.25) is 0 Å². The van der Waals surface area contributed by atoms with Gasteiger partial charge in [-0.05, 0) is 12.5 Å². The second kappa shape index (κ2) is 8.45. The molecule has 0 saturated carbocycles. The van der Waals surface area contributed by atoms with Crippen LogP contribution >= 0.6 is 0 Å². The van der Waals surface area contributed by atoms with Gasteiger partial charge in [0.15, 0.2) is 6.10 Å². The molecule has 1 aromatic rings. The third kappa shape index (κ3) is 5.68. The minimum atomic E-state index is -0.581. The number of ether oxygens (including phenoxy) is 2. The van der Waals surface area contributed by atoms with E-state index in [0.29, 0.717) is 19.8 Å². The van der Waals surface area contributed by atoms with Crippen molar-refractivity contribution in [2.45, 2.75) is 13.0 Å². The lowest BCUT2D eigenvalue weighted by Gasteiger charge is -2.15. The molecule has 4 heteroatoms. The normalized spacial score (nSPS) is 11.9. The Morgan fingerprint density at radius 1 is 1.37 bits per heavy atom. The van der Waals surface area contributed by atoms with Crippen LogP contribution < -0.4 is 5.32 Å². The van der Waals surface area contributed by atoms with Gasteiger partial charge >= 0.3 is 0 Å². The summed E-state index contributed by atoms with van der Waals surface area (Å²) in [6, 6.07) is 9.39. The van der Waals surface area contributed by atoms with Crippen LogP contribution in [-0.4, -0.2) is 32.8 Å². The molecule has 0 aliphatic heterocycles. The third-order valence-electron chi connectivity index (χ3n) is 2.47. The summed E-state index contributed by atoms with van der Waals surface area (Å²) in [6.07, 6.45) is -0.581. The number of methoxy groups -OCH3 is 1. The molecule has 104 valence electrons. The smallest absolute Gasteiger partial charge is 0.253 e. The molecular weight excluding hydrogens is 242 g/mol. The second-order valence-electron chi connectivity index (χ2n) is 4.33. The Bertz CT molecular complexity index is 403. The Hall–Kier alpha value is -1.65. The van der Waals surface area contributed by atoms with E-state index >= 15 is 0 Å². The van der Waals surface area contributed by atoms with E-state index in [1.54, 1.807) is 0 Å². The summed E-state index contributed by atoms with van der Waals surface area (Å²) in [6.45, 7) is 7.07. The van der Waals surface area contributed by atoms with Gasteiger partial charge in [0.25, 0.3) is 5.91 Å². The molecule has 0 spiro atoms. The standard InChI is InChI=1S/C15H21NO3/c1-12(2)11-19-10-9-16-15(17)14(18-3)13-7-5-4-6-8-13/h4-8,14H,1,9-11H2,2-3H3,(H,16,17). The van der Waals surface area contributed by atoms with Crippen LogP contribution in [0.4, 0.5) is 0 Å². The van der Waals surface area contributed by atoms with Gasteiger partial charge in [-0.25, -0.2) is 0 Å². The first-order valence-corrected chi connectivity index (χ1v) is 6.22. The topological polar surface area (TPSA) is 47.6 Å². The summed E-state index contributed by atoms with van der Waals surface area (Å²) < 4.78 is 10.5. The van der Waals surface area contributed by atoms with Gasteiger partial charge in [0.2, 0.25) is 0 Å². The molecule has 1 unspecified atom stereocenters. The van der Waals surface area contributed by atoms with Crippen LogP contribution in [0, 0.1) is 0 Å². The van der Waals surface area contributed by atoms with E-state index in [9.17, 15) is 4.79 Å². The fourth-order valence-electron chi connectivity index (χ4n) is 1.61. The van der Waals surface area contributed by atoms with Gasteiger partial charge in [-0.2, -0.15) is 0 Å². The zero-order valence-electron chi connectivity index (χ0n) is 11.5. The number of hydrogen-bond acceptors (Lipinski definition) is 3. The Morgan fingerprint density at radius 2 is 2.05 bits per heavy atom. The van der Waals surface area contributed by atoms with Crippen LogP contribution in [0.1, 0.15) is 18.6 Å². The first kappa shape index (κ1) is 15.4. The summed E-state index contributed by atoms with van der Waals surface area (Å²) in [4.78, 5) is 12.0. The van der Waals surface area contributed by atoms with E-state index in [0.717, 1.165) is 11.1 Å². The third-order valence-corrected chi connectivity index (χ3v) is 2.47. The highest BCUT2D eigenvalue weighted by Gasteiger charge is 2.18. The number of hydrogen-bond donors (Lipinski definition) is 1. The summed E-state index contributed by atoms with van der Waals surface area (Å²) in [5, 5.41) is 2.79. The van der Waals surface area contributed by atoms with Crippen molar-refractivity contribution < 1.29 is 14.3 Å². The van der Waals surface area contributed by atoms with Gasteiger partial charge in [0.05, 0.1) is 13.2 Å². The number of benzene rings is 1. The Balaban J connectivity index is 2.37. The van der Waals surface area contributed by atoms with Gasteiger partial charge in [0.1, 0.15) is 0 Å². The maximum Gasteiger partial charge on any atom is 0.253 e. The zero-order valence-corrected chi connectivity index (χ0v) is 11.5. The van der Waals surface area contributed by atoms with Crippen molar-refractivity contribution >= 4 is 5.91 Å². The minimum absolute atomic E-state index is 0.160. The number of rotatable bonds is 8. The van der Waals surface area contributed by atoms with E-state index in [2.05, 4.69) is 11.9 Å². The summed E-state index contributed by atoms with van der Waals surface area (Å²) in [5.41, 5.74) is 1.80. The molecule has 1 aromatic carbocycles. The molecule has 0 saturated heterocycles. The van der Waals surface area contributed by atoms with Crippen molar-refractivity contribution in [2.24, 2.45) is 0 Å². The second-order valence-corrected chi connectivity index (χ2v) is 4.33. The highest BCUT2D eigenvalue weighted by Crippen LogP contribution is 2.15. The fraction of sp³-hybridized carbons (Fsp3) is 0.400. The van der Waals surface area contributed by atoms with Crippen LogP contribution in [0.15, 0.2) is 42.5 Å². The lowest BCUT2D eigenvalue weighted by molar-refractivity contribution is -0.131. The van der Waals surface area contributed by atoms with Gasteiger partial charge in [0, 0.05) is 13.7 Å². The van der Waals surface area contributed by atoms with Gasteiger partial charge in [-0.3, -0.25) is 4.79 Å². The van der Waals surface area contributed by atoms with Crippen LogP contribution in [-0.2, 0) is 14.3 Å². The van der Waals surface area contributed by atoms with Crippen LogP contribution in [0.3, 0.4) is 0 Å². The monoisotopic (exact) mass is 263 g/mol. The first-order chi connectivity index (χ1) is 9.15. The van der Waals surface area contributed by atoms with Crippen molar-refractivity contribution in [1.29, 1.82) is 0 Å². The quantitative estimate of drug-likeness (QED) is 0.577. The van der Waals surface area contributed by atoms with Crippen molar-refractivity contribution in [3.05, 3.63) is 48.0 Å². The summed E-state index contributed by atoms with van der Waals surface area (Å²) >= 11 is 0. The van der Waals surface area contributed by atoms with Gasteiger partial charge < -0.3 is 14.8 Å². The van der Waals surface area contributed by atoms with Crippen molar-refractivity contribution in [3.63, 3.8) is 0 Å². The first-order valence-electron chi connectivity index (χ1n) is 6.22. The Kier molecular flexibility index (Phi) is 6.85. The average Bonchev–Trinajstić information content (AvgIpc) is 2.40. The number of amides is 1. The molecule has 0 fully saturated rings. The van der Waals surface area contributed by atoms with Crippen LogP contribution in [0.25, 0.3) is 0 Å². The molecule has 0 radical (unpaired) electrons. The molecule has 1 rings (SSSR count).